The summed E-state index contributed by atoms with van der Waals surface area (Å²) in [6.07, 6.45) is 4.80. The van der Waals surface area contributed by atoms with E-state index in [-0.39, 0.29) is 17.5 Å². The first-order valence-electron chi connectivity index (χ1n) is 7.67. The van der Waals surface area contributed by atoms with Crippen molar-refractivity contribution >= 4 is 0 Å². The quantitative estimate of drug-likeness (QED) is 0.860. The van der Waals surface area contributed by atoms with Crippen molar-refractivity contribution in [3.63, 3.8) is 0 Å². The third-order valence-corrected chi connectivity index (χ3v) is 4.96. The Morgan fingerprint density at radius 3 is 2.39 bits per heavy atom. The van der Waals surface area contributed by atoms with E-state index in [0.717, 1.165) is 30.4 Å². The van der Waals surface area contributed by atoms with Gasteiger partial charge in [0, 0.05) is 5.92 Å². The van der Waals surface area contributed by atoms with E-state index in [1.807, 2.05) is 36.4 Å². The van der Waals surface area contributed by atoms with Gasteiger partial charge in [0.2, 0.25) is 0 Å². The van der Waals surface area contributed by atoms with E-state index in [2.05, 4.69) is 18.2 Å². The minimum absolute atomic E-state index is 0.0209. The van der Waals surface area contributed by atoms with E-state index >= 15 is 0 Å². The number of nitrogens with zero attached hydrogens (tertiary/aromatic N) is 3. The Morgan fingerprint density at radius 2 is 1.78 bits per heavy atom. The molecule has 0 amide bonds. The van der Waals surface area contributed by atoms with Gasteiger partial charge in [0.25, 0.3) is 0 Å². The highest BCUT2D eigenvalue weighted by Crippen LogP contribution is 2.55. The van der Waals surface area contributed by atoms with Gasteiger partial charge in [-0.05, 0) is 36.3 Å². The number of hydrogen-bond donors (Lipinski definition) is 1. The molecule has 2 N–H and O–H groups in total. The lowest BCUT2D eigenvalue weighted by Crippen LogP contribution is -2.42. The van der Waals surface area contributed by atoms with Gasteiger partial charge in [0.05, 0.1) is 23.4 Å². The second-order valence-electron chi connectivity index (χ2n) is 6.02. The lowest BCUT2D eigenvalue weighted by Gasteiger charge is -2.43. The molecule has 23 heavy (non-hydrogen) atoms. The fraction of sp³-hybridized carbons (Fsp3) is 0.316. The van der Waals surface area contributed by atoms with Crippen molar-refractivity contribution in [1.29, 1.82) is 15.8 Å². The maximum absolute atomic E-state index is 9.83. The van der Waals surface area contributed by atoms with Crippen LogP contribution in [-0.4, -0.2) is 0 Å². The Bertz CT molecular complexity index is 798. The van der Waals surface area contributed by atoms with Crippen molar-refractivity contribution < 1.29 is 0 Å². The summed E-state index contributed by atoms with van der Waals surface area (Å²) in [6, 6.07) is 16.0. The van der Waals surface area contributed by atoms with Crippen LogP contribution in [0.2, 0.25) is 0 Å². The highest BCUT2D eigenvalue weighted by atomic mass is 14.7. The predicted octanol–water partition coefficient (Wildman–Crippen LogP) is 3.28. The zero-order valence-electron chi connectivity index (χ0n) is 12.7. The Balaban J connectivity index is 2.33. The van der Waals surface area contributed by atoms with Crippen LogP contribution in [0.1, 0.15) is 30.7 Å². The van der Waals surface area contributed by atoms with Crippen LogP contribution in [0.15, 0.2) is 53.3 Å². The molecule has 0 fully saturated rings. The fourth-order valence-corrected chi connectivity index (χ4v) is 3.91. The van der Waals surface area contributed by atoms with Gasteiger partial charge in [-0.15, -0.1) is 0 Å². The van der Waals surface area contributed by atoms with Crippen molar-refractivity contribution in [2.45, 2.75) is 25.2 Å². The molecule has 4 heteroatoms. The molecule has 0 bridgehead atoms. The van der Waals surface area contributed by atoms with Gasteiger partial charge < -0.3 is 5.73 Å². The molecule has 0 aromatic heterocycles. The molecule has 3 rings (SSSR count). The number of rotatable bonds is 1. The normalized spacial score (nSPS) is 25.3. The SMILES string of the molecule is N#CC1=C(N)C(C#N)(C#N)[C@@H](c2ccccc2)[C@@H]2CCCC=C12. The highest BCUT2D eigenvalue weighted by Gasteiger charge is 2.53. The summed E-state index contributed by atoms with van der Waals surface area (Å²) in [5, 5.41) is 29.2. The average Bonchev–Trinajstić information content (AvgIpc) is 2.61. The molecule has 0 saturated carbocycles. The number of nitrogens with two attached hydrogens (primary N) is 1. The first kappa shape index (κ1) is 14.9. The molecule has 0 unspecified atom stereocenters. The molecule has 2 aliphatic carbocycles. The van der Waals surface area contributed by atoms with Gasteiger partial charge in [-0.2, -0.15) is 15.8 Å². The van der Waals surface area contributed by atoms with Crippen LogP contribution in [0.3, 0.4) is 0 Å². The minimum atomic E-state index is -1.49. The minimum Gasteiger partial charge on any atom is -0.399 e. The molecule has 0 heterocycles. The lowest BCUT2D eigenvalue weighted by molar-refractivity contribution is 0.317. The van der Waals surface area contributed by atoms with E-state index < -0.39 is 5.41 Å². The van der Waals surface area contributed by atoms with Gasteiger partial charge in [-0.1, -0.05) is 36.4 Å². The van der Waals surface area contributed by atoms with Crippen LogP contribution >= 0.6 is 0 Å². The van der Waals surface area contributed by atoms with Gasteiger partial charge >= 0.3 is 0 Å². The van der Waals surface area contributed by atoms with Gasteiger partial charge in [0.1, 0.15) is 6.07 Å². The molecule has 0 radical (unpaired) electrons. The zero-order chi connectivity index (χ0) is 16.4. The fourth-order valence-electron chi connectivity index (χ4n) is 3.91. The summed E-state index contributed by atoms with van der Waals surface area (Å²) >= 11 is 0. The number of benzene rings is 1. The Kier molecular flexibility index (Phi) is 3.65. The Labute approximate surface area is 135 Å². The molecular formula is C19H16N4. The molecule has 0 spiro atoms. The van der Waals surface area contributed by atoms with Crippen molar-refractivity contribution in [1.82, 2.24) is 0 Å². The van der Waals surface area contributed by atoms with Crippen LogP contribution in [0.25, 0.3) is 0 Å². The molecule has 0 saturated heterocycles. The molecule has 1 aromatic rings. The summed E-state index contributed by atoms with van der Waals surface area (Å²) in [4.78, 5) is 0. The zero-order valence-corrected chi connectivity index (χ0v) is 12.7. The summed E-state index contributed by atoms with van der Waals surface area (Å²) in [5.74, 6) is -0.366. The second kappa shape index (κ2) is 5.64. The van der Waals surface area contributed by atoms with Gasteiger partial charge in [-0.25, -0.2) is 0 Å². The molecule has 2 atom stereocenters. The maximum atomic E-state index is 9.83. The molecular weight excluding hydrogens is 284 g/mol. The van der Waals surface area contributed by atoms with Gasteiger partial charge in [-0.3, -0.25) is 0 Å². The summed E-state index contributed by atoms with van der Waals surface area (Å²) in [6.45, 7) is 0. The van der Waals surface area contributed by atoms with Crippen molar-refractivity contribution in [2.24, 2.45) is 17.1 Å². The number of fused-ring (bicyclic) bond motifs is 1. The summed E-state index contributed by atoms with van der Waals surface area (Å²) in [5.41, 5.74) is 6.96. The first-order chi connectivity index (χ1) is 11.2. The summed E-state index contributed by atoms with van der Waals surface area (Å²) in [7, 11) is 0. The van der Waals surface area contributed by atoms with Crippen molar-refractivity contribution in [3.05, 3.63) is 58.8 Å². The first-order valence-corrected chi connectivity index (χ1v) is 7.67. The maximum Gasteiger partial charge on any atom is 0.191 e. The smallest absolute Gasteiger partial charge is 0.191 e. The Morgan fingerprint density at radius 1 is 1.09 bits per heavy atom. The predicted molar refractivity (Wildman–Crippen MR) is 85.1 cm³/mol. The van der Waals surface area contributed by atoms with Crippen LogP contribution in [-0.2, 0) is 0 Å². The third kappa shape index (κ3) is 2.02. The molecule has 2 aliphatic rings. The number of nitriles is 3. The number of hydrogen-bond acceptors (Lipinski definition) is 4. The van der Waals surface area contributed by atoms with Crippen LogP contribution in [0, 0.1) is 45.3 Å². The topological polar surface area (TPSA) is 97.4 Å². The molecule has 112 valence electrons. The third-order valence-electron chi connectivity index (χ3n) is 4.96. The molecule has 4 nitrogen and oxygen atoms in total. The lowest BCUT2D eigenvalue weighted by atomic mass is 9.57. The van der Waals surface area contributed by atoms with E-state index in [1.54, 1.807) is 0 Å². The van der Waals surface area contributed by atoms with E-state index in [9.17, 15) is 15.8 Å². The van der Waals surface area contributed by atoms with Crippen LogP contribution < -0.4 is 5.73 Å². The van der Waals surface area contributed by atoms with E-state index in [1.165, 1.54) is 0 Å². The Hall–Kier alpha value is -3.03. The highest BCUT2D eigenvalue weighted by molar-refractivity contribution is 5.59. The van der Waals surface area contributed by atoms with E-state index in [4.69, 9.17) is 5.73 Å². The van der Waals surface area contributed by atoms with E-state index in [0.29, 0.717) is 5.57 Å². The van der Waals surface area contributed by atoms with Gasteiger partial charge in [0.15, 0.2) is 5.41 Å². The van der Waals surface area contributed by atoms with Crippen LogP contribution in [0.4, 0.5) is 0 Å². The van der Waals surface area contributed by atoms with Crippen molar-refractivity contribution in [3.8, 4) is 18.2 Å². The average molecular weight is 300 g/mol. The molecule has 0 aliphatic heterocycles. The largest absolute Gasteiger partial charge is 0.399 e. The van der Waals surface area contributed by atoms with Crippen LogP contribution in [0.5, 0.6) is 0 Å². The monoisotopic (exact) mass is 300 g/mol. The summed E-state index contributed by atoms with van der Waals surface area (Å²) < 4.78 is 0. The van der Waals surface area contributed by atoms with Crippen molar-refractivity contribution in [2.75, 3.05) is 0 Å². The molecule has 1 aromatic carbocycles. The second-order valence-corrected chi connectivity index (χ2v) is 6.02. The number of allylic oxidation sites excluding steroid dienone is 4. The standard InChI is InChI=1S/C19H16N4/c20-10-16-14-8-4-5-9-15(14)17(13-6-2-1-3-7-13)19(11-21,12-22)18(16)23/h1-3,6-8,15,17H,4-5,9,23H2/t15-,17+/m1/s1.